The fourth-order valence-corrected chi connectivity index (χ4v) is 3.43. The molecule has 0 fully saturated rings. The Balaban J connectivity index is 1.82. The van der Waals surface area contributed by atoms with Gasteiger partial charge in [-0.1, -0.05) is 18.2 Å². The lowest BCUT2D eigenvalue weighted by atomic mass is 9.98. The molecule has 0 aliphatic carbocycles. The van der Waals surface area contributed by atoms with Gasteiger partial charge in [0.25, 0.3) is 0 Å². The highest BCUT2D eigenvalue weighted by Gasteiger charge is 2.28. The number of hydrogen-bond acceptors (Lipinski definition) is 6. The Bertz CT molecular complexity index is 487. The predicted molar refractivity (Wildman–Crippen MR) is 82.1 cm³/mol. The number of hydrogen-bond donors (Lipinski definition) is 1. The van der Waals surface area contributed by atoms with Gasteiger partial charge in [-0.15, -0.1) is 10.2 Å². The van der Waals surface area contributed by atoms with Gasteiger partial charge in [-0.3, -0.25) is 4.79 Å². The minimum atomic E-state index is -0.906. The molecule has 118 valence electrons. The van der Waals surface area contributed by atoms with Crippen LogP contribution in [0.25, 0.3) is 0 Å². The number of thioether (sulfide) groups is 1. The van der Waals surface area contributed by atoms with Crippen LogP contribution in [0.2, 0.25) is 0 Å². The zero-order chi connectivity index (χ0) is 15.3. The van der Waals surface area contributed by atoms with Gasteiger partial charge in [0, 0.05) is 18.7 Å². The lowest BCUT2D eigenvalue weighted by Gasteiger charge is -2.20. The van der Waals surface area contributed by atoms with E-state index in [9.17, 15) is 4.79 Å². The van der Waals surface area contributed by atoms with Crippen molar-refractivity contribution in [2.75, 3.05) is 12.9 Å². The number of methoxy groups -OCH3 is 1. The van der Waals surface area contributed by atoms with Crippen LogP contribution in [0.15, 0.2) is 5.16 Å². The van der Waals surface area contributed by atoms with Crippen molar-refractivity contribution < 1.29 is 9.53 Å². The second-order valence-corrected chi connectivity index (χ2v) is 6.78. The van der Waals surface area contributed by atoms with Gasteiger partial charge in [-0.05, 0) is 32.6 Å². The maximum atomic E-state index is 11.5. The fourth-order valence-electron chi connectivity index (χ4n) is 2.50. The molecule has 1 unspecified atom stereocenters. The van der Waals surface area contributed by atoms with Crippen molar-refractivity contribution in [1.29, 1.82) is 0 Å². The van der Waals surface area contributed by atoms with Gasteiger partial charge in [0.15, 0.2) is 5.16 Å². The summed E-state index contributed by atoms with van der Waals surface area (Å²) in [4.78, 5) is 11.5. The monoisotopic (exact) mass is 312 g/mol. The molecule has 1 aliphatic heterocycles. The average molecular weight is 312 g/mol. The summed E-state index contributed by atoms with van der Waals surface area (Å²) in [5.74, 6) is 1.62. The summed E-state index contributed by atoms with van der Waals surface area (Å²) in [5.41, 5.74) is 5.04. The Morgan fingerprint density at radius 3 is 3.00 bits per heavy atom. The Hall–Kier alpha value is -1.08. The molecule has 1 aromatic rings. The van der Waals surface area contributed by atoms with Crippen molar-refractivity contribution >= 4 is 17.7 Å². The van der Waals surface area contributed by atoms with Crippen molar-refractivity contribution in [3.05, 3.63) is 5.82 Å². The first-order chi connectivity index (χ1) is 10.0. The van der Waals surface area contributed by atoms with Gasteiger partial charge >= 0.3 is 5.97 Å². The van der Waals surface area contributed by atoms with E-state index in [0.717, 1.165) is 36.1 Å². The molecular weight excluding hydrogens is 288 g/mol. The van der Waals surface area contributed by atoms with Crippen LogP contribution >= 0.6 is 11.8 Å². The minimum Gasteiger partial charge on any atom is -0.468 e. The van der Waals surface area contributed by atoms with Crippen molar-refractivity contribution in [1.82, 2.24) is 14.8 Å². The Morgan fingerprint density at radius 1 is 1.43 bits per heavy atom. The number of carbonyl (C=O) groups excluding carboxylic acids is 1. The standard InChI is InChI=1S/C14H24N4O2S/c1-14(15,12(19)20-2)8-6-10-21-13-17-16-11-7-4-3-5-9-18(11)13/h3-10,15H2,1-2H3. The topological polar surface area (TPSA) is 83.0 Å². The lowest BCUT2D eigenvalue weighted by molar-refractivity contribution is -0.146. The van der Waals surface area contributed by atoms with Gasteiger partial charge in [0.05, 0.1) is 7.11 Å². The molecule has 0 saturated carbocycles. The molecule has 0 aromatic carbocycles. The van der Waals surface area contributed by atoms with E-state index in [0.29, 0.717) is 6.42 Å². The highest BCUT2D eigenvalue weighted by atomic mass is 32.2. The number of fused-ring (bicyclic) bond motifs is 1. The molecule has 2 rings (SSSR count). The van der Waals surface area contributed by atoms with E-state index >= 15 is 0 Å². The van der Waals surface area contributed by atoms with Crippen molar-refractivity contribution in [2.45, 2.75) is 62.7 Å². The Morgan fingerprint density at radius 2 is 2.24 bits per heavy atom. The third-order valence-electron chi connectivity index (χ3n) is 3.80. The number of esters is 1. The number of aryl methyl sites for hydroxylation is 1. The van der Waals surface area contributed by atoms with Crippen LogP contribution in [0.1, 0.15) is 44.9 Å². The summed E-state index contributed by atoms with van der Waals surface area (Å²) in [6, 6.07) is 0. The van der Waals surface area contributed by atoms with Crippen molar-refractivity contribution in [3.8, 4) is 0 Å². The van der Waals surface area contributed by atoms with Crippen LogP contribution in [-0.4, -0.2) is 39.1 Å². The SMILES string of the molecule is COC(=O)C(C)(N)CCCSc1nnc2n1CCCCC2. The van der Waals surface area contributed by atoms with Crippen LogP contribution in [0, 0.1) is 0 Å². The number of ether oxygens (including phenoxy) is 1. The molecule has 2 heterocycles. The largest absolute Gasteiger partial charge is 0.468 e. The van der Waals surface area contributed by atoms with E-state index < -0.39 is 5.54 Å². The number of nitrogens with zero attached hydrogens (tertiary/aromatic N) is 3. The summed E-state index contributed by atoms with van der Waals surface area (Å²) in [6.07, 6.45) is 6.13. The van der Waals surface area contributed by atoms with E-state index in [2.05, 4.69) is 14.8 Å². The molecule has 6 nitrogen and oxygen atoms in total. The normalized spacial score (nSPS) is 17.7. The zero-order valence-corrected chi connectivity index (χ0v) is 13.6. The summed E-state index contributed by atoms with van der Waals surface area (Å²) in [5, 5.41) is 9.55. The highest BCUT2D eigenvalue weighted by molar-refractivity contribution is 7.99. The quantitative estimate of drug-likeness (QED) is 0.489. The van der Waals surface area contributed by atoms with Gasteiger partial charge in [-0.2, -0.15) is 0 Å². The van der Waals surface area contributed by atoms with Gasteiger partial charge in [-0.25, -0.2) is 0 Å². The second-order valence-electron chi connectivity index (χ2n) is 5.72. The van der Waals surface area contributed by atoms with Crippen LogP contribution in [-0.2, 0) is 22.5 Å². The molecule has 0 saturated heterocycles. The van der Waals surface area contributed by atoms with Crippen LogP contribution in [0.5, 0.6) is 0 Å². The van der Waals surface area contributed by atoms with E-state index in [-0.39, 0.29) is 5.97 Å². The molecule has 0 spiro atoms. The molecule has 0 bridgehead atoms. The first-order valence-electron chi connectivity index (χ1n) is 7.47. The first-order valence-corrected chi connectivity index (χ1v) is 8.45. The third kappa shape index (κ3) is 4.20. The van der Waals surface area contributed by atoms with E-state index in [1.807, 2.05) is 0 Å². The number of aromatic nitrogens is 3. The molecule has 1 aromatic heterocycles. The smallest absolute Gasteiger partial charge is 0.325 e. The number of rotatable bonds is 6. The average Bonchev–Trinajstić information content (AvgIpc) is 2.70. The number of carbonyl (C=O) groups is 1. The maximum absolute atomic E-state index is 11.5. The summed E-state index contributed by atoms with van der Waals surface area (Å²) in [7, 11) is 1.37. The highest BCUT2D eigenvalue weighted by Crippen LogP contribution is 2.23. The predicted octanol–water partition coefficient (Wildman–Crippen LogP) is 1.77. The Labute approximate surface area is 129 Å². The van der Waals surface area contributed by atoms with Gasteiger partial charge in [0.2, 0.25) is 0 Å². The van der Waals surface area contributed by atoms with Crippen LogP contribution in [0.3, 0.4) is 0 Å². The lowest BCUT2D eigenvalue weighted by Crippen LogP contribution is -2.45. The molecule has 7 heteroatoms. The zero-order valence-electron chi connectivity index (χ0n) is 12.8. The molecule has 2 N–H and O–H groups in total. The van der Waals surface area contributed by atoms with Gasteiger partial charge in [0.1, 0.15) is 11.4 Å². The molecular formula is C14H24N4O2S. The van der Waals surface area contributed by atoms with Crippen LogP contribution in [0.4, 0.5) is 0 Å². The van der Waals surface area contributed by atoms with Crippen molar-refractivity contribution in [3.63, 3.8) is 0 Å². The van der Waals surface area contributed by atoms with Crippen LogP contribution < -0.4 is 5.73 Å². The maximum Gasteiger partial charge on any atom is 0.325 e. The third-order valence-corrected chi connectivity index (χ3v) is 4.85. The summed E-state index contributed by atoms with van der Waals surface area (Å²) < 4.78 is 6.94. The Kier molecular flexibility index (Phi) is 5.64. The summed E-state index contributed by atoms with van der Waals surface area (Å²) >= 11 is 1.69. The van der Waals surface area contributed by atoms with Gasteiger partial charge < -0.3 is 15.0 Å². The molecule has 0 radical (unpaired) electrons. The second kappa shape index (κ2) is 7.26. The molecule has 1 atom stereocenters. The van der Waals surface area contributed by atoms with Crippen molar-refractivity contribution in [2.24, 2.45) is 5.73 Å². The molecule has 1 aliphatic rings. The minimum absolute atomic E-state index is 0.358. The van der Waals surface area contributed by atoms with E-state index in [1.54, 1.807) is 18.7 Å². The molecule has 0 amide bonds. The van der Waals surface area contributed by atoms with E-state index in [1.165, 1.54) is 26.4 Å². The summed E-state index contributed by atoms with van der Waals surface area (Å²) in [6.45, 7) is 2.73. The first kappa shape index (κ1) is 16.3. The van der Waals surface area contributed by atoms with E-state index in [4.69, 9.17) is 10.5 Å². The number of nitrogens with two attached hydrogens (primary N) is 1. The fraction of sp³-hybridized carbons (Fsp3) is 0.786. The molecule has 21 heavy (non-hydrogen) atoms.